The van der Waals surface area contributed by atoms with Crippen molar-refractivity contribution in [1.29, 1.82) is 0 Å². The van der Waals surface area contributed by atoms with Crippen LogP contribution in [0.5, 0.6) is 0 Å². The Hall–Kier alpha value is -1.06. The number of carbonyl (C=O) groups excluding carboxylic acids is 1. The maximum atomic E-state index is 12.2. The van der Waals surface area contributed by atoms with Gasteiger partial charge in [-0.05, 0) is 39.2 Å². The molecule has 1 atom stereocenters. The maximum absolute atomic E-state index is 12.2. The number of likely N-dealkylation sites (tertiary alicyclic amines) is 1. The fourth-order valence-electron chi connectivity index (χ4n) is 2.74. The fourth-order valence-corrected chi connectivity index (χ4v) is 2.95. The summed E-state index contributed by atoms with van der Waals surface area (Å²) >= 11 is 6.25. The first-order valence-corrected chi connectivity index (χ1v) is 8.06. The van der Waals surface area contributed by atoms with Crippen LogP contribution in [0.2, 0.25) is 0 Å². The zero-order valence-electron chi connectivity index (χ0n) is 13.1. The molecule has 0 saturated carbocycles. The van der Waals surface area contributed by atoms with Gasteiger partial charge in [0.25, 0.3) is 0 Å². The molecule has 0 aromatic heterocycles. The molecule has 0 radical (unpaired) electrons. The molecule has 1 saturated heterocycles. The number of halogens is 1. The molecule has 0 spiro atoms. The summed E-state index contributed by atoms with van der Waals surface area (Å²) in [6.45, 7) is 8.74. The second kappa shape index (κ2) is 6.80. The van der Waals surface area contributed by atoms with Gasteiger partial charge in [0.2, 0.25) is 5.91 Å². The van der Waals surface area contributed by atoms with Crippen molar-refractivity contribution < 1.29 is 4.79 Å². The van der Waals surface area contributed by atoms with Crippen LogP contribution in [0.3, 0.4) is 0 Å². The normalized spacial score (nSPS) is 19.2. The number of nitrogens with zero attached hydrogens (tertiary/aromatic N) is 1. The molecule has 1 aliphatic heterocycles. The molecule has 2 rings (SSSR count). The summed E-state index contributed by atoms with van der Waals surface area (Å²) in [5, 5.41) is 2.49. The molecular formula is C17H25ClN2O. The first-order chi connectivity index (χ1) is 9.88. The van der Waals surface area contributed by atoms with Crippen molar-refractivity contribution in [2.75, 3.05) is 13.1 Å². The Bertz CT molecular complexity index is 461. The molecule has 1 fully saturated rings. The highest BCUT2D eigenvalue weighted by Crippen LogP contribution is 2.23. The van der Waals surface area contributed by atoms with Crippen LogP contribution in [-0.4, -0.2) is 35.5 Å². The molecule has 1 unspecified atom stereocenters. The van der Waals surface area contributed by atoms with Gasteiger partial charge in [-0.3, -0.25) is 9.69 Å². The van der Waals surface area contributed by atoms with Crippen molar-refractivity contribution in [3.05, 3.63) is 35.9 Å². The van der Waals surface area contributed by atoms with E-state index in [4.69, 9.17) is 11.6 Å². The van der Waals surface area contributed by atoms with Gasteiger partial charge in [-0.2, -0.15) is 0 Å². The van der Waals surface area contributed by atoms with E-state index in [2.05, 4.69) is 31.0 Å². The predicted octanol–water partition coefficient (Wildman–Crippen LogP) is 3.35. The van der Waals surface area contributed by atoms with Crippen LogP contribution in [-0.2, 0) is 4.79 Å². The highest BCUT2D eigenvalue weighted by molar-refractivity contribution is 6.30. The van der Waals surface area contributed by atoms with Crippen LogP contribution in [0.4, 0.5) is 0 Å². The van der Waals surface area contributed by atoms with E-state index >= 15 is 0 Å². The maximum Gasteiger partial charge on any atom is 0.242 e. The third-order valence-corrected chi connectivity index (χ3v) is 4.56. The van der Waals surface area contributed by atoms with Crippen LogP contribution in [0.25, 0.3) is 0 Å². The van der Waals surface area contributed by atoms with Crippen LogP contribution >= 0.6 is 11.6 Å². The summed E-state index contributed by atoms with van der Waals surface area (Å²) in [6, 6.07) is 9.74. The van der Waals surface area contributed by atoms with Crippen molar-refractivity contribution in [2.24, 2.45) is 0 Å². The van der Waals surface area contributed by atoms with E-state index in [1.165, 1.54) is 0 Å². The Kier molecular flexibility index (Phi) is 5.28. The smallest absolute Gasteiger partial charge is 0.242 e. The van der Waals surface area contributed by atoms with E-state index in [0.29, 0.717) is 0 Å². The van der Waals surface area contributed by atoms with Gasteiger partial charge in [-0.15, -0.1) is 11.6 Å². The summed E-state index contributed by atoms with van der Waals surface area (Å²) < 4.78 is 0. The van der Waals surface area contributed by atoms with Gasteiger partial charge in [0.05, 0.1) is 0 Å². The topological polar surface area (TPSA) is 32.3 Å². The number of alkyl halides is 1. The minimum Gasteiger partial charge on any atom is -0.352 e. The van der Waals surface area contributed by atoms with E-state index in [1.807, 2.05) is 30.3 Å². The molecule has 1 N–H and O–H groups in total. The van der Waals surface area contributed by atoms with E-state index in [-0.39, 0.29) is 17.5 Å². The average Bonchev–Trinajstić information content (AvgIpc) is 2.47. The SMILES string of the molecule is CC(C)(C)N1CCC(NC(=O)C(Cl)c2ccccc2)CC1. The Morgan fingerprint density at radius 2 is 1.81 bits per heavy atom. The first-order valence-electron chi connectivity index (χ1n) is 7.62. The molecule has 4 heteroatoms. The summed E-state index contributed by atoms with van der Waals surface area (Å²) in [4.78, 5) is 14.7. The molecule has 1 aliphatic rings. The molecule has 1 amide bonds. The second-order valence-corrected chi connectivity index (χ2v) is 7.15. The van der Waals surface area contributed by atoms with Crippen LogP contribution in [0.15, 0.2) is 30.3 Å². The average molecular weight is 309 g/mol. The van der Waals surface area contributed by atoms with E-state index in [0.717, 1.165) is 31.5 Å². The lowest BCUT2D eigenvalue weighted by Crippen LogP contribution is -2.51. The number of piperidine rings is 1. The van der Waals surface area contributed by atoms with Gasteiger partial charge >= 0.3 is 0 Å². The minimum absolute atomic E-state index is 0.0860. The Labute approximate surface area is 132 Å². The standard InChI is InChI=1S/C17H25ClN2O/c1-17(2,3)20-11-9-14(10-12-20)19-16(21)15(18)13-7-5-4-6-8-13/h4-8,14-15H,9-12H2,1-3H3,(H,19,21). The van der Waals surface area contributed by atoms with E-state index in [1.54, 1.807) is 0 Å². The number of amides is 1. The molecule has 1 heterocycles. The lowest BCUT2D eigenvalue weighted by atomic mass is 9.98. The van der Waals surface area contributed by atoms with E-state index in [9.17, 15) is 4.79 Å². The van der Waals surface area contributed by atoms with Crippen molar-refractivity contribution in [2.45, 2.75) is 50.6 Å². The van der Waals surface area contributed by atoms with Crippen LogP contribution in [0, 0.1) is 0 Å². The summed E-state index contributed by atoms with van der Waals surface area (Å²) in [5.74, 6) is -0.0860. The molecule has 21 heavy (non-hydrogen) atoms. The summed E-state index contributed by atoms with van der Waals surface area (Å²) in [6.07, 6.45) is 1.98. The number of hydrogen-bond acceptors (Lipinski definition) is 2. The number of carbonyl (C=O) groups is 1. The zero-order chi connectivity index (χ0) is 15.5. The second-order valence-electron chi connectivity index (χ2n) is 6.71. The molecule has 1 aromatic rings. The summed E-state index contributed by atoms with van der Waals surface area (Å²) in [5.41, 5.74) is 1.05. The lowest BCUT2D eigenvalue weighted by molar-refractivity contribution is -0.121. The van der Waals surface area contributed by atoms with Crippen LogP contribution < -0.4 is 5.32 Å². The molecule has 116 valence electrons. The quantitative estimate of drug-likeness (QED) is 0.869. The van der Waals surface area contributed by atoms with E-state index < -0.39 is 5.38 Å². The summed E-state index contributed by atoms with van der Waals surface area (Å²) in [7, 11) is 0. The highest BCUT2D eigenvalue weighted by atomic mass is 35.5. The van der Waals surface area contributed by atoms with Crippen molar-refractivity contribution >= 4 is 17.5 Å². The van der Waals surface area contributed by atoms with Gasteiger partial charge in [0.1, 0.15) is 5.38 Å². The molecule has 3 nitrogen and oxygen atoms in total. The monoisotopic (exact) mass is 308 g/mol. The van der Waals surface area contributed by atoms with Gasteiger partial charge in [0, 0.05) is 24.7 Å². The largest absolute Gasteiger partial charge is 0.352 e. The number of nitrogens with one attached hydrogen (secondary N) is 1. The Morgan fingerprint density at radius 3 is 2.33 bits per heavy atom. The number of benzene rings is 1. The zero-order valence-corrected chi connectivity index (χ0v) is 13.9. The lowest BCUT2D eigenvalue weighted by Gasteiger charge is -2.41. The third-order valence-electron chi connectivity index (χ3n) is 4.11. The fraction of sp³-hybridized carbons (Fsp3) is 0.588. The third kappa shape index (κ3) is 4.45. The van der Waals surface area contributed by atoms with Gasteiger partial charge in [0.15, 0.2) is 0 Å². The number of rotatable bonds is 3. The first kappa shape index (κ1) is 16.3. The molecule has 1 aromatic carbocycles. The predicted molar refractivity (Wildman–Crippen MR) is 87.5 cm³/mol. The highest BCUT2D eigenvalue weighted by Gasteiger charge is 2.28. The molecular weight excluding hydrogens is 284 g/mol. The van der Waals surface area contributed by atoms with Crippen molar-refractivity contribution in [3.8, 4) is 0 Å². The van der Waals surface area contributed by atoms with Gasteiger partial charge in [-0.1, -0.05) is 30.3 Å². The van der Waals surface area contributed by atoms with Crippen LogP contribution in [0.1, 0.15) is 44.6 Å². The van der Waals surface area contributed by atoms with Crippen molar-refractivity contribution in [1.82, 2.24) is 10.2 Å². The van der Waals surface area contributed by atoms with Gasteiger partial charge < -0.3 is 5.32 Å². The molecule has 0 bridgehead atoms. The number of hydrogen-bond donors (Lipinski definition) is 1. The molecule has 0 aliphatic carbocycles. The minimum atomic E-state index is -0.605. The van der Waals surface area contributed by atoms with Gasteiger partial charge in [-0.25, -0.2) is 0 Å². The Balaban J connectivity index is 1.85. The Morgan fingerprint density at radius 1 is 1.24 bits per heavy atom. The van der Waals surface area contributed by atoms with Crippen molar-refractivity contribution in [3.63, 3.8) is 0 Å².